The van der Waals surface area contributed by atoms with Gasteiger partial charge in [0.1, 0.15) is 18.3 Å². The predicted octanol–water partition coefficient (Wildman–Crippen LogP) is -2.81. The summed E-state index contributed by atoms with van der Waals surface area (Å²) in [7, 11) is 0. The van der Waals surface area contributed by atoms with Gasteiger partial charge in [0.2, 0.25) is 0 Å². The van der Waals surface area contributed by atoms with Crippen molar-refractivity contribution in [1.82, 2.24) is 0 Å². The molecule has 0 bridgehead atoms. The standard InChI is InChI=1S/C6H11ClO6/c7-6(13)5(12)4(11)3(10)2(9)1-8/h2-5,8-12H,1H2. The van der Waals surface area contributed by atoms with Gasteiger partial charge in [-0.3, -0.25) is 4.79 Å². The Kier molecular flexibility index (Phi) is 5.38. The van der Waals surface area contributed by atoms with Gasteiger partial charge in [0.15, 0.2) is 6.10 Å². The van der Waals surface area contributed by atoms with E-state index in [1.54, 1.807) is 0 Å². The molecule has 0 aromatic rings. The monoisotopic (exact) mass is 214 g/mol. The number of hydrogen-bond donors (Lipinski definition) is 5. The van der Waals surface area contributed by atoms with Gasteiger partial charge < -0.3 is 25.5 Å². The highest BCUT2D eigenvalue weighted by molar-refractivity contribution is 6.64. The van der Waals surface area contributed by atoms with Crippen molar-refractivity contribution in [2.45, 2.75) is 24.4 Å². The van der Waals surface area contributed by atoms with Gasteiger partial charge in [-0.1, -0.05) is 0 Å². The van der Waals surface area contributed by atoms with Gasteiger partial charge in [0.25, 0.3) is 5.24 Å². The first-order valence-corrected chi connectivity index (χ1v) is 3.82. The third-order valence-electron chi connectivity index (χ3n) is 1.49. The van der Waals surface area contributed by atoms with Crippen LogP contribution in [0, 0.1) is 0 Å². The Balaban J connectivity index is 4.24. The van der Waals surface area contributed by atoms with Crippen molar-refractivity contribution in [3.63, 3.8) is 0 Å². The van der Waals surface area contributed by atoms with Crippen LogP contribution in [-0.4, -0.2) is 61.8 Å². The van der Waals surface area contributed by atoms with Gasteiger partial charge in [-0.2, -0.15) is 0 Å². The summed E-state index contributed by atoms with van der Waals surface area (Å²) >= 11 is 4.81. The molecule has 13 heavy (non-hydrogen) atoms. The lowest BCUT2D eigenvalue weighted by molar-refractivity contribution is -0.140. The minimum absolute atomic E-state index is 0.804. The SMILES string of the molecule is O=C(Cl)C(O)C(O)C(O)C(O)CO. The summed E-state index contributed by atoms with van der Waals surface area (Å²) in [4.78, 5) is 10.3. The fourth-order valence-electron chi connectivity index (χ4n) is 0.657. The Morgan fingerprint density at radius 2 is 1.62 bits per heavy atom. The van der Waals surface area contributed by atoms with E-state index in [9.17, 15) is 4.79 Å². The molecule has 0 rings (SSSR count). The summed E-state index contributed by atoms with van der Waals surface area (Å²) in [6, 6.07) is 0. The zero-order valence-corrected chi connectivity index (χ0v) is 7.29. The van der Waals surface area contributed by atoms with E-state index in [-0.39, 0.29) is 0 Å². The minimum Gasteiger partial charge on any atom is -0.394 e. The van der Waals surface area contributed by atoms with Crippen LogP contribution in [0.3, 0.4) is 0 Å². The van der Waals surface area contributed by atoms with Crippen molar-refractivity contribution in [1.29, 1.82) is 0 Å². The fourth-order valence-corrected chi connectivity index (χ4v) is 0.786. The average molecular weight is 215 g/mol. The van der Waals surface area contributed by atoms with Gasteiger partial charge in [-0.05, 0) is 11.6 Å². The largest absolute Gasteiger partial charge is 0.394 e. The maximum atomic E-state index is 10.3. The summed E-state index contributed by atoms with van der Waals surface area (Å²) < 4.78 is 0. The molecule has 0 aromatic carbocycles. The fraction of sp³-hybridized carbons (Fsp3) is 0.833. The highest BCUT2D eigenvalue weighted by atomic mass is 35.5. The average Bonchev–Trinajstić information content (AvgIpc) is 2.12. The number of aliphatic hydroxyl groups excluding tert-OH is 5. The third kappa shape index (κ3) is 3.55. The van der Waals surface area contributed by atoms with Crippen molar-refractivity contribution < 1.29 is 30.3 Å². The molecule has 0 spiro atoms. The molecule has 0 aliphatic heterocycles. The van der Waals surface area contributed by atoms with E-state index in [0.29, 0.717) is 0 Å². The number of carbonyl (C=O) groups excluding carboxylic acids is 1. The lowest BCUT2D eigenvalue weighted by Gasteiger charge is -2.23. The second-order valence-electron chi connectivity index (χ2n) is 2.48. The lowest BCUT2D eigenvalue weighted by atomic mass is 10.0. The smallest absolute Gasteiger partial charge is 0.253 e. The van der Waals surface area contributed by atoms with Crippen LogP contribution in [-0.2, 0) is 4.79 Å². The van der Waals surface area contributed by atoms with Crippen molar-refractivity contribution in [2.24, 2.45) is 0 Å². The third-order valence-corrected chi connectivity index (χ3v) is 1.71. The summed E-state index contributed by atoms with van der Waals surface area (Å²) in [5.41, 5.74) is 0. The second-order valence-corrected chi connectivity index (χ2v) is 2.85. The molecule has 0 saturated carbocycles. The Bertz CT molecular complexity index is 175. The van der Waals surface area contributed by atoms with Gasteiger partial charge in [-0.25, -0.2) is 0 Å². The maximum absolute atomic E-state index is 10.3. The zero-order chi connectivity index (χ0) is 10.6. The van der Waals surface area contributed by atoms with Crippen LogP contribution >= 0.6 is 11.6 Å². The Labute approximate surface area is 79.0 Å². The molecule has 0 aromatic heterocycles. The zero-order valence-electron chi connectivity index (χ0n) is 6.54. The molecule has 0 heterocycles. The van der Waals surface area contributed by atoms with Crippen LogP contribution in [0.15, 0.2) is 0 Å². The summed E-state index contributed by atoms with van der Waals surface area (Å²) in [6.45, 7) is -0.804. The van der Waals surface area contributed by atoms with Crippen LogP contribution < -0.4 is 0 Å². The highest BCUT2D eigenvalue weighted by Gasteiger charge is 2.33. The van der Waals surface area contributed by atoms with E-state index in [1.165, 1.54) is 0 Å². The van der Waals surface area contributed by atoms with E-state index in [2.05, 4.69) is 0 Å². The maximum Gasteiger partial charge on any atom is 0.253 e. The van der Waals surface area contributed by atoms with Crippen molar-refractivity contribution in [2.75, 3.05) is 6.61 Å². The topological polar surface area (TPSA) is 118 Å². The first-order chi connectivity index (χ1) is 5.91. The van der Waals surface area contributed by atoms with Crippen LogP contribution in [0.2, 0.25) is 0 Å². The van der Waals surface area contributed by atoms with Crippen molar-refractivity contribution >= 4 is 16.8 Å². The molecule has 0 radical (unpaired) electrons. The lowest BCUT2D eigenvalue weighted by Crippen LogP contribution is -2.47. The minimum atomic E-state index is -1.99. The number of aliphatic hydroxyl groups is 5. The molecule has 6 nitrogen and oxygen atoms in total. The quantitative estimate of drug-likeness (QED) is 0.315. The van der Waals surface area contributed by atoms with E-state index in [1.807, 2.05) is 0 Å². The molecule has 4 atom stereocenters. The van der Waals surface area contributed by atoms with Crippen LogP contribution in [0.1, 0.15) is 0 Å². The number of halogens is 1. The molecule has 4 unspecified atom stereocenters. The van der Waals surface area contributed by atoms with Crippen molar-refractivity contribution in [3.05, 3.63) is 0 Å². The van der Waals surface area contributed by atoms with E-state index < -0.39 is 36.3 Å². The molecule has 0 aliphatic carbocycles. The first kappa shape index (κ1) is 12.8. The molecule has 0 aliphatic rings. The molecular formula is C6H11ClO6. The van der Waals surface area contributed by atoms with E-state index in [0.717, 1.165) is 0 Å². The van der Waals surface area contributed by atoms with Crippen LogP contribution in [0.25, 0.3) is 0 Å². The van der Waals surface area contributed by atoms with Gasteiger partial charge in [0.05, 0.1) is 6.61 Å². The summed E-state index contributed by atoms with van der Waals surface area (Å²) in [5, 5.41) is 42.7. The van der Waals surface area contributed by atoms with Gasteiger partial charge in [0, 0.05) is 0 Å². The summed E-state index contributed by atoms with van der Waals surface area (Å²) in [6.07, 6.45) is -7.38. The highest BCUT2D eigenvalue weighted by Crippen LogP contribution is 2.07. The molecule has 0 amide bonds. The van der Waals surface area contributed by atoms with Crippen LogP contribution in [0.4, 0.5) is 0 Å². The summed E-state index contributed by atoms with van der Waals surface area (Å²) in [5.74, 6) is 0. The predicted molar refractivity (Wildman–Crippen MR) is 42.0 cm³/mol. The normalized spacial score (nSPS) is 20.5. The molecule has 7 heteroatoms. The Hall–Kier alpha value is -0.240. The molecular weight excluding hydrogens is 204 g/mol. The van der Waals surface area contributed by atoms with Crippen molar-refractivity contribution in [3.8, 4) is 0 Å². The van der Waals surface area contributed by atoms with E-state index >= 15 is 0 Å². The molecule has 78 valence electrons. The molecule has 0 fully saturated rings. The van der Waals surface area contributed by atoms with Gasteiger partial charge in [-0.15, -0.1) is 0 Å². The first-order valence-electron chi connectivity index (χ1n) is 3.44. The Morgan fingerprint density at radius 1 is 1.15 bits per heavy atom. The number of hydrogen-bond acceptors (Lipinski definition) is 6. The second kappa shape index (κ2) is 5.48. The number of rotatable bonds is 5. The van der Waals surface area contributed by atoms with Crippen LogP contribution in [0.5, 0.6) is 0 Å². The van der Waals surface area contributed by atoms with E-state index in [4.69, 9.17) is 37.1 Å². The number of carbonyl (C=O) groups is 1. The Morgan fingerprint density at radius 3 is 1.92 bits per heavy atom. The molecule has 5 N–H and O–H groups in total. The molecule has 0 saturated heterocycles. The van der Waals surface area contributed by atoms with Gasteiger partial charge >= 0.3 is 0 Å².